The summed E-state index contributed by atoms with van der Waals surface area (Å²) in [6.07, 6.45) is 0. The van der Waals surface area contributed by atoms with E-state index in [1.165, 1.54) is 16.8 Å². The molecule has 1 heterocycles. The van der Waals surface area contributed by atoms with Gasteiger partial charge in [0, 0.05) is 19.2 Å². The van der Waals surface area contributed by atoms with E-state index in [0.717, 1.165) is 23.6 Å². The highest BCUT2D eigenvalue weighted by Crippen LogP contribution is 2.30. The maximum absolute atomic E-state index is 5.32. The predicted molar refractivity (Wildman–Crippen MR) is 77.4 cm³/mol. The molecule has 19 heavy (non-hydrogen) atoms. The Morgan fingerprint density at radius 1 is 1.32 bits per heavy atom. The zero-order valence-electron chi connectivity index (χ0n) is 12.2. The lowest BCUT2D eigenvalue weighted by Gasteiger charge is -2.09. The number of benzene rings is 1. The standard InChI is InChI=1S/C15H21N3O/c1-10-8-12(6-7-14(10)19-5)15-11(2)17-18(4)13(15)9-16-3/h6-8,16H,9H2,1-5H3. The number of hydrogen-bond donors (Lipinski definition) is 1. The van der Waals surface area contributed by atoms with Crippen LogP contribution in [-0.2, 0) is 13.6 Å². The molecule has 0 spiro atoms. The Hall–Kier alpha value is -1.81. The van der Waals surface area contributed by atoms with Crippen LogP contribution < -0.4 is 10.1 Å². The van der Waals surface area contributed by atoms with E-state index in [2.05, 4.69) is 29.5 Å². The van der Waals surface area contributed by atoms with Crippen molar-refractivity contribution in [1.29, 1.82) is 0 Å². The first-order valence-corrected chi connectivity index (χ1v) is 6.40. The van der Waals surface area contributed by atoms with Crippen LogP contribution in [0.2, 0.25) is 0 Å². The lowest BCUT2D eigenvalue weighted by molar-refractivity contribution is 0.412. The number of ether oxygens (including phenoxy) is 1. The van der Waals surface area contributed by atoms with Crippen LogP contribution in [0.4, 0.5) is 0 Å². The number of nitrogens with zero attached hydrogens (tertiary/aromatic N) is 2. The van der Waals surface area contributed by atoms with Crippen molar-refractivity contribution in [3.63, 3.8) is 0 Å². The normalized spacial score (nSPS) is 10.8. The van der Waals surface area contributed by atoms with Gasteiger partial charge in [0.05, 0.1) is 18.5 Å². The largest absolute Gasteiger partial charge is 0.496 e. The molecule has 0 unspecified atom stereocenters. The summed E-state index contributed by atoms with van der Waals surface area (Å²) in [6.45, 7) is 4.91. The molecule has 1 N–H and O–H groups in total. The molecule has 0 fully saturated rings. The van der Waals surface area contributed by atoms with Crippen molar-refractivity contribution in [1.82, 2.24) is 15.1 Å². The predicted octanol–water partition coefficient (Wildman–Crippen LogP) is 2.43. The lowest BCUT2D eigenvalue weighted by atomic mass is 10.0. The van der Waals surface area contributed by atoms with E-state index in [1.54, 1.807) is 7.11 Å². The summed E-state index contributed by atoms with van der Waals surface area (Å²) in [5, 5.41) is 7.72. The maximum atomic E-state index is 5.32. The molecule has 0 amide bonds. The molecular weight excluding hydrogens is 238 g/mol. The van der Waals surface area contributed by atoms with E-state index in [1.807, 2.05) is 31.8 Å². The first-order valence-electron chi connectivity index (χ1n) is 6.40. The molecule has 0 radical (unpaired) electrons. The molecule has 4 nitrogen and oxygen atoms in total. The number of methoxy groups -OCH3 is 1. The third kappa shape index (κ3) is 2.49. The van der Waals surface area contributed by atoms with Gasteiger partial charge in [-0.1, -0.05) is 6.07 Å². The zero-order valence-corrected chi connectivity index (χ0v) is 12.2. The minimum atomic E-state index is 0.803. The Bertz CT molecular complexity index is 587. The lowest BCUT2D eigenvalue weighted by Crippen LogP contribution is -2.10. The quantitative estimate of drug-likeness (QED) is 0.916. The third-order valence-electron chi connectivity index (χ3n) is 3.37. The number of nitrogens with one attached hydrogen (secondary N) is 1. The van der Waals surface area contributed by atoms with Crippen LogP contribution in [0.5, 0.6) is 5.75 Å². The fraction of sp³-hybridized carbons (Fsp3) is 0.400. The van der Waals surface area contributed by atoms with Crippen LogP contribution in [0.1, 0.15) is 17.0 Å². The van der Waals surface area contributed by atoms with Gasteiger partial charge in [0.1, 0.15) is 5.75 Å². The molecular formula is C15H21N3O. The average Bonchev–Trinajstić information content (AvgIpc) is 2.65. The molecule has 0 aliphatic carbocycles. The van der Waals surface area contributed by atoms with Crippen LogP contribution >= 0.6 is 0 Å². The van der Waals surface area contributed by atoms with E-state index < -0.39 is 0 Å². The van der Waals surface area contributed by atoms with Crippen LogP contribution in [0, 0.1) is 13.8 Å². The smallest absolute Gasteiger partial charge is 0.121 e. The molecule has 2 rings (SSSR count). The van der Waals surface area contributed by atoms with Gasteiger partial charge in [0.2, 0.25) is 0 Å². The van der Waals surface area contributed by atoms with Crippen molar-refractivity contribution in [2.24, 2.45) is 7.05 Å². The van der Waals surface area contributed by atoms with Gasteiger partial charge in [-0.05, 0) is 44.2 Å². The van der Waals surface area contributed by atoms with Gasteiger partial charge in [-0.3, -0.25) is 4.68 Å². The highest BCUT2D eigenvalue weighted by atomic mass is 16.5. The summed E-state index contributed by atoms with van der Waals surface area (Å²) in [5.41, 5.74) is 5.79. The van der Waals surface area contributed by atoms with E-state index >= 15 is 0 Å². The van der Waals surface area contributed by atoms with Crippen LogP contribution in [0.15, 0.2) is 18.2 Å². The van der Waals surface area contributed by atoms with Crippen LogP contribution in [0.25, 0.3) is 11.1 Å². The molecule has 1 aromatic heterocycles. The second-order valence-electron chi connectivity index (χ2n) is 4.75. The van der Waals surface area contributed by atoms with Gasteiger partial charge in [0.25, 0.3) is 0 Å². The molecule has 0 atom stereocenters. The summed E-state index contributed by atoms with van der Waals surface area (Å²) in [7, 11) is 5.63. The molecule has 0 bridgehead atoms. The summed E-state index contributed by atoms with van der Waals surface area (Å²) in [5.74, 6) is 0.917. The fourth-order valence-corrected chi connectivity index (χ4v) is 2.49. The molecule has 4 heteroatoms. The highest BCUT2D eigenvalue weighted by Gasteiger charge is 2.15. The summed E-state index contributed by atoms with van der Waals surface area (Å²) in [6, 6.07) is 6.26. The topological polar surface area (TPSA) is 39.1 Å². The van der Waals surface area contributed by atoms with E-state index in [0.29, 0.717) is 0 Å². The zero-order chi connectivity index (χ0) is 14.0. The van der Waals surface area contributed by atoms with E-state index in [4.69, 9.17) is 4.74 Å². The summed E-state index contributed by atoms with van der Waals surface area (Å²) < 4.78 is 7.26. The van der Waals surface area contributed by atoms with Gasteiger partial charge < -0.3 is 10.1 Å². The number of aryl methyl sites for hydroxylation is 3. The third-order valence-corrected chi connectivity index (χ3v) is 3.37. The molecule has 0 aliphatic rings. The SMILES string of the molecule is CNCc1c(-c2ccc(OC)c(C)c2)c(C)nn1C. The molecule has 1 aromatic carbocycles. The fourth-order valence-electron chi connectivity index (χ4n) is 2.49. The Morgan fingerprint density at radius 2 is 2.05 bits per heavy atom. The monoisotopic (exact) mass is 259 g/mol. The Labute approximate surface area is 114 Å². The molecule has 0 aliphatic heterocycles. The maximum Gasteiger partial charge on any atom is 0.121 e. The first-order chi connectivity index (χ1) is 9.08. The second kappa shape index (κ2) is 5.45. The van der Waals surface area contributed by atoms with Crippen molar-refractivity contribution >= 4 is 0 Å². The van der Waals surface area contributed by atoms with Gasteiger partial charge in [-0.25, -0.2) is 0 Å². The highest BCUT2D eigenvalue weighted by molar-refractivity contribution is 5.70. The Kier molecular flexibility index (Phi) is 3.90. The summed E-state index contributed by atoms with van der Waals surface area (Å²) in [4.78, 5) is 0. The van der Waals surface area contributed by atoms with Crippen LogP contribution in [0.3, 0.4) is 0 Å². The van der Waals surface area contributed by atoms with Crippen molar-refractivity contribution in [2.45, 2.75) is 20.4 Å². The van der Waals surface area contributed by atoms with Gasteiger partial charge in [0.15, 0.2) is 0 Å². The molecule has 0 saturated carbocycles. The van der Waals surface area contributed by atoms with Crippen LogP contribution in [-0.4, -0.2) is 23.9 Å². The molecule has 0 saturated heterocycles. The van der Waals surface area contributed by atoms with Gasteiger partial charge in [-0.15, -0.1) is 0 Å². The van der Waals surface area contributed by atoms with Crippen molar-refractivity contribution < 1.29 is 4.74 Å². The van der Waals surface area contributed by atoms with Gasteiger partial charge in [-0.2, -0.15) is 5.10 Å². The summed E-state index contributed by atoms with van der Waals surface area (Å²) >= 11 is 0. The number of aromatic nitrogens is 2. The molecule has 102 valence electrons. The minimum absolute atomic E-state index is 0.803. The van der Waals surface area contributed by atoms with Crippen molar-refractivity contribution in [2.75, 3.05) is 14.2 Å². The van der Waals surface area contributed by atoms with Crippen molar-refractivity contribution in [3.8, 4) is 16.9 Å². The van der Waals surface area contributed by atoms with Gasteiger partial charge >= 0.3 is 0 Å². The second-order valence-corrected chi connectivity index (χ2v) is 4.75. The Morgan fingerprint density at radius 3 is 2.63 bits per heavy atom. The van der Waals surface area contributed by atoms with Crippen molar-refractivity contribution in [3.05, 3.63) is 35.2 Å². The van der Waals surface area contributed by atoms with E-state index in [9.17, 15) is 0 Å². The number of rotatable bonds is 4. The average molecular weight is 259 g/mol. The minimum Gasteiger partial charge on any atom is -0.496 e. The Balaban J connectivity index is 2.55. The first kappa shape index (κ1) is 13.6. The number of hydrogen-bond acceptors (Lipinski definition) is 3. The molecule has 2 aromatic rings. The van der Waals surface area contributed by atoms with E-state index in [-0.39, 0.29) is 0 Å².